The zero-order chi connectivity index (χ0) is 50.9. The Morgan fingerprint density at radius 2 is 1.28 bits per heavy atom. The third-order valence-corrected chi connectivity index (χ3v) is 16.0. The Labute approximate surface area is 441 Å². The average Bonchev–Trinajstić information content (AvgIpc) is 3.82. The molecule has 0 spiro atoms. The van der Waals surface area contributed by atoms with Crippen LogP contribution in [0.5, 0.6) is 11.5 Å². The number of hydrogen-bond acceptors (Lipinski definition) is 4. The van der Waals surface area contributed by atoms with E-state index in [9.17, 15) is 0 Å². The van der Waals surface area contributed by atoms with E-state index in [0.29, 0.717) is 29.3 Å². The number of amidine groups is 1. The fourth-order valence-corrected chi connectivity index (χ4v) is 11.9. The summed E-state index contributed by atoms with van der Waals surface area (Å²) in [4.78, 5) is 13.5. The molecule has 0 unspecified atom stereocenters. The van der Waals surface area contributed by atoms with Crippen LogP contribution in [0.3, 0.4) is 0 Å². The summed E-state index contributed by atoms with van der Waals surface area (Å²) in [5.41, 5.74) is 18.7. The van der Waals surface area contributed by atoms with Gasteiger partial charge in [0.25, 0.3) is 0 Å². The number of benzene rings is 5. The first-order chi connectivity index (χ1) is 32.6. The van der Waals surface area contributed by atoms with E-state index in [2.05, 4.69) is 227 Å². The van der Waals surface area contributed by atoms with Crippen LogP contribution in [-0.4, -0.2) is 28.0 Å². The SMILES string of the molecule is Cc1cc2c3cc(C(C)(C)C)cc4c3n(c2[c-]c1Oc1[c-]c(C2=N[C@H](C(C(C)C)C(C)C)CN2c2cc(C(C)(C)C)cc(C(C)(C)C)c2)cc(-c2c(C)ccc(C)c2C)c1)-c1nccc(C)c1C4(C)C.[Pt+2]. The van der Waals surface area contributed by atoms with Crippen LogP contribution in [0.4, 0.5) is 5.69 Å². The van der Waals surface area contributed by atoms with Crippen LogP contribution in [0.1, 0.15) is 165 Å². The number of anilines is 1. The van der Waals surface area contributed by atoms with E-state index < -0.39 is 0 Å². The van der Waals surface area contributed by atoms with E-state index in [1.165, 1.54) is 72.2 Å². The summed E-state index contributed by atoms with van der Waals surface area (Å²) in [6, 6.07) is 33.4. The predicted molar refractivity (Wildman–Crippen MR) is 297 cm³/mol. The molecule has 374 valence electrons. The molecule has 0 radical (unpaired) electrons. The number of aliphatic imine (C=N–C) groups is 1. The molecule has 2 aliphatic heterocycles. The fourth-order valence-electron chi connectivity index (χ4n) is 11.9. The molecule has 0 saturated carbocycles. The van der Waals surface area contributed by atoms with Gasteiger partial charge < -0.3 is 19.2 Å². The average molecular weight is 1130 g/mol. The second-order valence-corrected chi connectivity index (χ2v) is 25.4. The minimum Gasteiger partial charge on any atom is -0.503 e. The van der Waals surface area contributed by atoms with Crippen molar-refractivity contribution in [1.82, 2.24) is 9.55 Å². The number of nitrogens with zero attached hydrogens (tertiary/aromatic N) is 4. The number of aromatic nitrogens is 2. The predicted octanol–water partition coefficient (Wildman–Crippen LogP) is 16.9. The maximum atomic E-state index is 7.26. The minimum absolute atomic E-state index is 0. The van der Waals surface area contributed by atoms with Gasteiger partial charge in [-0.1, -0.05) is 164 Å². The molecule has 4 heterocycles. The molecule has 5 aromatic carbocycles. The minimum atomic E-state index is -0.258. The first-order valence-electron chi connectivity index (χ1n) is 25.9. The molecule has 7 aromatic rings. The number of ether oxygens (including phenoxy) is 1. The van der Waals surface area contributed by atoms with Crippen LogP contribution in [0.2, 0.25) is 0 Å². The van der Waals surface area contributed by atoms with E-state index in [1.807, 2.05) is 6.20 Å². The maximum Gasteiger partial charge on any atom is 2.00 e. The van der Waals surface area contributed by atoms with Gasteiger partial charge in [0.1, 0.15) is 5.82 Å². The Bertz CT molecular complexity index is 3230. The van der Waals surface area contributed by atoms with Gasteiger partial charge in [-0.2, -0.15) is 6.07 Å². The van der Waals surface area contributed by atoms with Gasteiger partial charge in [-0.3, -0.25) is 0 Å². The van der Waals surface area contributed by atoms with E-state index in [-0.39, 0.29) is 48.8 Å². The summed E-state index contributed by atoms with van der Waals surface area (Å²) in [7, 11) is 0. The van der Waals surface area contributed by atoms with Gasteiger partial charge in [0, 0.05) is 46.4 Å². The van der Waals surface area contributed by atoms with Crippen LogP contribution in [0.25, 0.3) is 38.8 Å². The van der Waals surface area contributed by atoms with Crippen LogP contribution in [0.15, 0.2) is 77.9 Å². The molecule has 0 saturated heterocycles. The van der Waals surface area contributed by atoms with Crippen LogP contribution >= 0.6 is 0 Å². The third-order valence-electron chi connectivity index (χ3n) is 16.0. The summed E-state index contributed by atoms with van der Waals surface area (Å²) in [6.45, 7) is 46.9. The largest absolute Gasteiger partial charge is 2.00 e. The summed E-state index contributed by atoms with van der Waals surface area (Å²) in [5, 5.41) is 2.38. The second-order valence-electron chi connectivity index (χ2n) is 25.4. The molecule has 0 fully saturated rings. The molecule has 5 nitrogen and oxygen atoms in total. The van der Waals surface area contributed by atoms with Crippen LogP contribution in [-0.2, 0) is 42.7 Å². The van der Waals surface area contributed by atoms with Gasteiger partial charge in [0.2, 0.25) is 0 Å². The Morgan fingerprint density at radius 1 is 0.676 bits per heavy atom. The molecule has 2 aliphatic rings. The van der Waals surface area contributed by atoms with E-state index in [4.69, 9.17) is 14.7 Å². The smallest absolute Gasteiger partial charge is 0.503 e. The molecule has 6 heteroatoms. The van der Waals surface area contributed by atoms with E-state index >= 15 is 0 Å². The monoisotopic (exact) mass is 1130 g/mol. The Hall–Kier alpha value is -4.99. The summed E-state index contributed by atoms with van der Waals surface area (Å²) in [5.74, 6) is 4.55. The summed E-state index contributed by atoms with van der Waals surface area (Å²) >= 11 is 0. The second kappa shape index (κ2) is 18.2. The number of rotatable bonds is 8. The van der Waals surface area contributed by atoms with Crippen molar-refractivity contribution in [2.75, 3.05) is 11.4 Å². The molecule has 0 aliphatic carbocycles. The number of fused-ring (bicyclic) bond motifs is 5. The molecular formula is C65H78N4OPt. The maximum absolute atomic E-state index is 7.26. The standard InChI is InChI=1S/C65H78N4O.Pt/c1-36(2)56(37(3)4)53-35-68(48-30-45(62(10,11)12)29-46(31-48)63(13,14)15)60(67-53)44-26-43(57-39(6)22-21-38(5)42(57)9)27-49(28-44)70-55-34-54-50(25-41(55)8)51-32-47(64(16,17)18)33-52-59(51)69(54)61-58(65(52,19)20)40(7)23-24-66-61;/h21-27,29-33,36-37,53,56H,35H2,1-20H3;/q-2;+2/t53-;/m0./s1. The normalized spacial score (nSPS) is 15.8. The van der Waals surface area contributed by atoms with Crippen molar-refractivity contribution in [3.8, 4) is 28.4 Å². The first-order valence-corrected chi connectivity index (χ1v) is 25.9. The number of hydrogen-bond donors (Lipinski definition) is 0. The van der Waals surface area contributed by atoms with Crippen LogP contribution < -0.4 is 9.64 Å². The zero-order valence-electron chi connectivity index (χ0n) is 46.5. The van der Waals surface area contributed by atoms with Crippen molar-refractivity contribution in [3.05, 3.63) is 146 Å². The molecule has 0 N–H and O–H groups in total. The third kappa shape index (κ3) is 9.14. The van der Waals surface area contributed by atoms with Crippen molar-refractivity contribution in [3.63, 3.8) is 0 Å². The Kier molecular flexibility index (Phi) is 13.4. The van der Waals surface area contributed by atoms with Crippen LogP contribution in [0, 0.1) is 64.5 Å². The number of pyridine rings is 1. The van der Waals surface area contributed by atoms with Gasteiger partial charge in [-0.05, 0) is 135 Å². The summed E-state index contributed by atoms with van der Waals surface area (Å²) < 4.78 is 9.63. The molecule has 1 atom stereocenters. The first kappa shape index (κ1) is 52.3. The Morgan fingerprint density at radius 3 is 1.89 bits per heavy atom. The molecular weight excluding hydrogens is 1050 g/mol. The summed E-state index contributed by atoms with van der Waals surface area (Å²) in [6.07, 6.45) is 1.95. The van der Waals surface area contributed by atoms with Gasteiger partial charge in [0.05, 0.1) is 11.9 Å². The van der Waals surface area contributed by atoms with E-state index in [0.717, 1.165) is 45.8 Å². The van der Waals surface area contributed by atoms with Gasteiger partial charge >= 0.3 is 21.1 Å². The van der Waals surface area contributed by atoms with Gasteiger partial charge in [0.15, 0.2) is 0 Å². The van der Waals surface area contributed by atoms with Crippen molar-refractivity contribution in [2.24, 2.45) is 22.7 Å². The molecule has 0 amide bonds. The molecule has 2 aromatic heterocycles. The van der Waals surface area contributed by atoms with Crippen molar-refractivity contribution < 1.29 is 25.8 Å². The zero-order valence-corrected chi connectivity index (χ0v) is 48.7. The van der Waals surface area contributed by atoms with Crippen molar-refractivity contribution in [1.29, 1.82) is 0 Å². The van der Waals surface area contributed by atoms with Gasteiger partial charge in [-0.15, -0.1) is 28.6 Å². The van der Waals surface area contributed by atoms with Crippen molar-refractivity contribution in [2.45, 2.75) is 166 Å². The topological polar surface area (TPSA) is 42.6 Å². The molecule has 71 heavy (non-hydrogen) atoms. The molecule has 9 rings (SSSR count). The number of aryl methyl sites for hydroxylation is 4. The quantitative estimate of drug-likeness (QED) is 0.142. The Balaban J connectivity index is 0.00000676. The van der Waals surface area contributed by atoms with Crippen molar-refractivity contribution >= 4 is 33.3 Å². The van der Waals surface area contributed by atoms with E-state index in [1.54, 1.807) is 0 Å². The fraction of sp³-hybridized carbons (Fsp3) is 0.446. The van der Waals surface area contributed by atoms with Gasteiger partial charge in [-0.25, -0.2) is 4.98 Å². The molecule has 0 bridgehead atoms.